The Morgan fingerprint density at radius 3 is 2.33 bits per heavy atom. The molecule has 1 aliphatic rings. The minimum Gasteiger partial charge on any atom is -0.225 e. The molecule has 2 rings (SSSR count). The Bertz CT molecular complexity index is 562. The summed E-state index contributed by atoms with van der Waals surface area (Å²) in [5.74, 6) is 0.224. The number of sulfonamides is 1. The highest BCUT2D eigenvalue weighted by Gasteiger charge is 2.39. The van der Waals surface area contributed by atoms with Crippen LogP contribution in [0.4, 0.5) is 13.2 Å². The zero-order valence-electron chi connectivity index (χ0n) is 9.37. The van der Waals surface area contributed by atoms with Crippen molar-refractivity contribution in [1.29, 1.82) is 0 Å². The smallest absolute Gasteiger partial charge is 0.225 e. The zero-order chi connectivity index (χ0) is 13.6. The average Bonchev–Trinajstić information content (AvgIpc) is 2.98. The van der Waals surface area contributed by atoms with Crippen LogP contribution < -0.4 is 5.14 Å². The number of alkyl halides is 3. The van der Waals surface area contributed by atoms with E-state index in [1.807, 2.05) is 0 Å². The molecule has 1 saturated carbocycles. The van der Waals surface area contributed by atoms with E-state index in [0.29, 0.717) is 0 Å². The third kappa shape index (κ3) is 2.84. The van der Waals surface area contributed by atoms with Crippen molar-refractivity contribution in [2.24, 2.45) is 11.1 Å². The van der Waals surface area contributed by atoms with Crippen molar-refractivity contribution in [2.75, 3.05) is 0 Å². The molecule has 0 bridgehead atoms. The minimum absolute atomic E-state index is 0.0107. The predicted octanol–water partition coefficient (Wildman–Crippen LogP) is 2.31. The van der Waals surface area contributed by atoms with Crippen LogP contribution in [0.1, 0.15) is 24.0 Å². The van der Waals surface area contributed by atoms with Crippen LogP contribution in [0.2, 0.25) is 0 Å². The zero-order valence-corrected chi connectivity index (χ0v) is 10.2. The van der Waals surface area contributed by atoms with Crippen LogP contribution in [0.5, 0.6) is 0 Å². The van der Waals surface area contributed by atoms with Crippen LogP contribution in [0.15, 0.2) is 23.1 Å². The molecule has 1 aromatic rings. The molecular formula is C11H12F3NO2S. The van der Waals surface area contributed by atoms with Gasteiger partial charge in [0, 0.05) is 0 Å². The van der Waals surface area contributed by atoms with Crippen molar-refractivity contribution in [3.8, 4) is 0 Å². The lowest BCUT2D eigenvalue weighted by Crippen LogP contribution is -2.21. The van der Waals surface area contributed by atoms with E-state index >= 15 is 0 Å². The third-order valence-corrected chi connectivity index (χ3v) is 3.86. The van der Waals surface area contributed by atoms with E-state index < -0.39 is 26.7 Å². The van der Waals surface area contributed by atoms with Gasteiger partial charge in [0.25, 0.3) is 0 Å². The molecule has 0 atom stereocenters. The Morgan fingerprint density at radius 2 is 1.89 bits per heavy atom. The molecule has 0 amide bonds. The Balaban J connectivity index is 2.59. The molecule has 1 fully saturated rings. The average molecular weight is 279 g/mol. The predicted molar refractivity (Wildman–Crippen MR) is 59.2 cm³/mol. The topological polar surface area (TPSA) is 60.2 Å². The molecule has 0 saturated heterocycles. The fourth-order valence-corrected chi connectivity index (χ4v) is 2.74. The third-order valence-electron chi connectivity index (χ3n) is 2.91. The number of hydrogen-bond donors (Lipinski definition) is 1. The molecule has 0 aromatic heterocycles. The maximum absolute atomic E-state index is 13.0. The number of primary sulfonamides is 1. The second-order valence-corrected chi connectivity index (χ2v) is 6.01. The van der Waals surface area contributed by atoms with Gasteiger partial charge >= 0.3 is 6.18 Å². The molecule has 18 heavy (non-hydrogen) atoms. The Kier molecular flexibility index (Phi) is 3.14. The van der Waals surface area contributed by atoms with E-state index in [2.05, 4.69) is 0 Å². The first-order valence-electron chi connectivity index (χ1n) is 5.41. The molecule has 0 unspecified atom stereocenters. The maximum atomic E-state index is 13.0. The van der Waals surface area contributed by atoms with Crippen LogP contribution in [0, 0.1) is 5.92 Å². The van der Waals surface area contributed by atoms with Crippen molar-refractivity contribution < 1.29 is 21.6 Å². The monoisotopic (exact) mass is 279 g/mol. The lowest BCUT2D eigenvalue weighted by atomic mass is 10.0. The highest BCUT2D eigenvalue weighted by atomic mass is 32.2. The van der Waals surface area contributed by atoms with Crippen LogP contribution in [0.25, 0.3) is 0 Å². The van der Waals surface area contributed by atoms with Gasteiger partial charge in [0.1, 0.15) is 0 Å². The van der Waals surface area contributed by atoms with Crippen LogP contribution >= 0.6 is 0 Å². The first-order valence-corrected chi connectivity index (χ1v) is 6.96. The summed E-state index contributed by atoms with van der Waals surface area (Å²) in [6.45, 7) is 0. The maximum Gasteiger partial charge on any atom is 0.417 e. The molecular weight excluding hydrogens is 267 g/mol. The second-order valence-electron chi connectivity index (χ2n) is 4.48. The van der Waals surface area contributed by atoms with E-state index in [4.69, 9.17) is 5.14 Å². The van der Waals surface area contributed by atoms with E-state index in [9.17, 15) is 21.6 Å². The summed E-state index contributed by atoms with van der Waals surface area (Å²) in [4.78, 5) is -0.840. The molecule has 7 heteroatoms. The molecule has 3 nitrogen and oxygen atoms in total. The van der Waals surface area contributed by atoms with E-state index in [1.54, 1.807) is 0 Å². The first-order chi connectivity index (χ1) is 8.19. The molecule has 2 N–H and O–H groups in total. The van der Waals surface area contributed by atoms with E-state index in [1.165, 1.54) is 12.1 Å². The van der Waals surface area contributed by atoms with Gasteiger partial charge < -0.3 is 0 Å². The lowest BCUT2D eigenvalue weighted by molar-refractivity contribution is -0.140. The second kappa shape index (κ2) is 4.24. The van der Waals surface area contributed by atoms with Crippen LogP contribution in [-0.4, -0.2) is 8.42 Å². The SMILES string of the molecule is NS(=O)(=O)c1cccc(CC2CC2)c1C(F)(F)F. The van der Waals surface area contributed by atoms with Crippen molar-refractivity contribution >= 4 is 10.0 Å². The van der Waals surface area contributed by atoms with Crippen molar-refractivity contribution in [1.82, 2.24) is 0 Å². The minimum atomic E-state index is -4.72. The number of benzene rings is 1. The van der Waals surface area contributed by atoms with Gasteiger partial charge in [0.15, 0.2) is 0 Å². The normalized spacial score (nSPS) is 16.9. The fraction of sp³-hybridized carbons (Fsp3) is 0.455. The summed E-state index contributed by atoms with van der Waals surface area (Å²) in [6, 6.07) is 3.51. The van der Waals surface area contributed by atoms with Crippen LogP contribution in [0.3, 0.4) is 0 Å². The molecule has 0 heterocycles. The number of hydrogen-bond acceptors (Lipinski definition) is 2. The summed E-state index contributed by atoms with van der Waals surface area (Å²) in [5.41, 5.74) is -1.10. The highest BCUT2D eigenvalue weighted by molar-refractivity contribution is 7.89. The van der Waals surface area contributed by atoms with Gasteiger partial charge in [-0.1, -0.05) is 12.1 Å². The molecule has 1 aromatic carbocycles. The van der Waals surface area contributed by atoms with Crippen molar-refractivity contribution in [2.45, 2.75) is 30.3 Å². The molecule has 0 spiro atoms. The van der Waals surface area contributed by atoms with Gasteiger partial charge in [-0.2, -0.15) is 13.2 Å². The van der Waals surface area contributed by atoms with Crippen molar-refractivity contribution in [3.63, 3.8) is 0 Å². The molecule has 100 valence electrons. The van der Waals surface area contributed by atoms with Gasteiger partial charge in [-0.25, -0.2) is 13.6 Å². The van der Waals surface area contributed by atoms with Crippen LogP contribution in [-0.2, 0) is 22.6 Å². The Morgan fingerprint density at radius 1 is 1.28 bits per heavy atom. The highest BCUT2D eigenvalue weighted by Crippen LogP contribution is 2.40. The van der Waals surface area contributed by atoms with Gasteiger partial charge in [-0.15, -0.1) is 0 Å². The standard InChI is InChI=1S/C11H12F3NO2S/c12-11(13,14)10-8(6-7-4-5-7)2-1-3-9(10)18(15,16)17/h1-3,7H,4-6H2,(H2,15,16,17). The van der Waals surface area contributed by atoms with Gasteiger partial charge in [-0.3, -0.25) is 0 Å². The summed E-state index contributed by atoms with van der Waals surface area (Å²) in [5, 5.41) is 4.84. The Labute approximate surface area is 103 Å². The van der Waals surface area contributed by atoms with E-state index in [0.717, 1.165) is 18.9 Å². The van der Waals surface area contributed by atoms with Crippen molar-refractivity contribution in [3.05, 3.63) is 29.3 Å². The molecule has 0 aliphatic heterocycles. The summed E-state index contributed by atoms with van der Waals surface area (Å²) >= 11 is 0. The Hall–Kier alpha value is -1.08. The van der Waals surface area contributed by atoms with Gasteiger partial charge in [-0.05, 0) is 36.8 Å². The quantitative estimate of drug-likeness (QED) is 0.923. The molecule has 0 radical (unpaired) electrons. The number of nitrogens with two attached hydrogens (primary N) is 1. The summed E-state index contributed by atoms with van der Waals surface area (Å²) < 4.78 is 61.4. The summed E-state index contributed by atoms with van der Waals surface area (Å²) in [7, 11) is -4.37. The van der Waals surface area contributed by atoms with Gasteiger partial charge in [0.2, 0.25) is 10.0 Å². The fourth-order valence-electron chi connectivity index (χ4n) is 1.94. The summed E-state index contributed by atoms with van der Waals surface area (Å²) in [6.07, 6.45) is -2.70. The molecule has 1 aliphatic carbocycles. The van der Waals surface area contributed by atoms with Gasteiger partial charge in [0.05, 0.1) is 10.5 Å². The van der Waals surface area contributed by atoms with E-state index in [-0.39, 0.29) is 17.9 Å². The number of halogens is 3. The lowest BCUT2D eigenvalue weighted by Gasteiger charge is -2.16. The largest absolute Gasteiger partial charge is 0.417 e. The number of rotatable bonds is 3. The first kappa shape index (κ1) is 13.4.